The van der Waals surface area contributed by atoms with Gasteiger partial charge in [-0.1, -0.05) is 17.7 Å². The lowest BCUT2D eigenvalue weighted by atomic mass is 10.1. The molecule has 112 valence electrons. The Labute approximate surface area is 121 Å². The van der Waals surface area contributed by atoms with Crippen molar-refractivity contribution < 1.29 is 13.5 Å². The Bertz CT molecular complexity index is 581. The minimum atomic E-state index is -3.46. The highest BCUT2D eigenvalue weighted by Crippen LogP contribution is 2.30. The Morgan fingerprint density at radius 1 is 1.40 bits per heavy atom. The maximum Gasteiger partial charge on any atom is 0.243 e. The third-order valence-electron chi connectivity index (χ3n) is 3.85. The maximum absolute atomic E-state index is 12.8. The number of nitrogens with zero attached hydrogens (tertiary/aromatic N) is 1. The summed E-state index contributed by atoms with van der Waals surface area (Å²) in [5.41, 5.74) is 1.84. The van der Waals surface area contributed by atoms with E-state index >= 15 is 0 Å². The molecule has 4 nitrogen and oxygen atoms in total. The Hall–Kier alpha value is -0.910. The third kappa shape index (κ3) is 3.05. The fourth-order valence-corrected chi connectivity index (χ4v) is 4.88. The molecule has 2 rings (SSSR count). The fourth-order valence-electron chi connectivity index (χ4n) is 2.97. The lowest BCUT2D eigenvalue weighted by Gasteiger charge is -2.25. The van der Waals surface area contributed by atoms with Crippen LogP contribution in [0.2, 0.25) is 0 Å². The van der Waals surface area contributed by atoms with Crippen LogP contribution in [0, 0.1) is 13.8 Å². The van der Waals surface area contributed by atoms with E-state index in [1.807, 2.05) is 26.0 Å². The van der Waals surface area contributed by atoms with Crippen molar-refractivity contribution in [1.29, 1.82) is 0 Å². The van der Waals surface area contributed by atoms with Gasteiger partial charge in [0.15, 0.2) is 0 Å². The van der Waals surface area contributed by atoms with Crippen molar-refractivity contribution in [1.82, 2.24) is 4.31 Å². The highest BCUT2D eigenvalue weighted by Gasteiger charge is 2.36. The van der Waals surface area contributed by atoms with Gasteiger partial charge in [0.2, 0.25) is 10.0 Å². The van der Waals surface area contributed by atoms with E-state index in [4.69, 9.17) is 0 Å². The summed E-state index contributed by atoms with van der Waals surface area (Å²) in [7, 11) is -3.46. The van der Waals surface area contributed by atoms with Crippen LogP contribution in [0.5, 0.6) is 0 Å². The summed E-state index contributed by atoms with van der Waals surface area (Å²) >= 11 is 0. The molecule has 5 heteroatoms. The van der Waals surface area contributed by atoms with E-state index in [1.165, 1.54) is 0 Å². The average molecular weight is 297 g/mol. The van der Waals surface area contributed by atoms with E-state index in [2.05, 4.69) is 0 Å². The van der Waals surface area contributed by atoms with Crippen molar-refractivity contribution in [3.05, 3.63) is 29.3 Å². The zero-order chi connectivity index (χ0) is 14.9. The first-order valence-electron chi connectivity index (χ1n) is 7.09. The van der Waals surface area contributed by atoms with Gasteiger partial charge in [-0.15, -0.1) is 0 Å². The normalized spacial score (nSPS) is 22.1. The minimum absolute atomic E-state index is 0.0827. The molecule has 0 radical (unpaired) electrons. The first-order valence-corrected chi connectivity index (χ1v) is 8.53. The monoisotopic (exact) mass is 297 g/mol. The molecular formula is C15H23NO3S. The number of hydrogen-bond acceptors (Lipinski definition) is 3. The van der Waals surface area contributed by atoms with E-state index in [9.17, 15) is 13.5 Å². The average Bonchev–Trinajstić information content (AvgIpc) is 2.76. The van der Waals surface area contributed by atoms with Crippen LogP contribution in [-0.2, 0) is 10.0 Å². The van der Waals surface area contributed by atoms with Crippen molar-refractivity contribution in [3.8, 4) is 0 Å². The van der Waals surface area contributed by atoms with Crippen molar-refractivity contribution in [2.75, 3.05) is 6.54 Å². The maximum atomic E-state index is 12.8. The molecule has 1 aromatic carbocycles. The Balaban J connectivity index is 2.34. The van der Waals surface area contributed by atoms with Gasteiger partial charge in [0.1, 0.15) is 0 Å². The van der Waals surface area contributed by atoms with Crippen LogP contribution in [0.15, 0.2) is 23.1 Å². The zero-order valence-electron chi connectivity index (χ0n) is 12.3. The van der Waals surface area contributed by atoms with Crippen LogP contribution in [-0.4, -0.2) is 36.5 Å². The van der Waals surface area contributed by atoms with Crippen molar-refractivity contribution in [2.24, 2.45) is 0 Å². The predicted octanol–water partition coefficient (Wildman–Crippen LogP) is 2.23. The summed E-state index contributed by atoms with van der Waals surface area (Å²) in [5.74, 6) is 0. The van der Waals surface area contributed by atoms with Crippen LogP contribution >= 0.6 is 0 Å². The van der Waals surface area contributed by atoms with E-state index in [0.29, 0.717) is 17.9 Å². The van der Waals surface area contributed by atoms with Gasteiger partial charge in [0, 0.05) is 12.6 Å². The SMILES string of the molecule is Cc1ccc(S(=O)(=O)N2CCCC2CC(C)O)c(C)c1. The van der Waals surface area contributed by atoms with Gasteiger partial charge in [-0.05, 0) is 51.7 Å². The molecular weight excluding hydrogens is 274 g/mol. The lowest BCUT2D eigenvalue weighted by molar-refractivity contribution is 0.158. The van der Waals surface area contributed by atoms with Gasteiger partial charge in [-0.3, -0.25) is 0 Å². The molecule has 1 aliphatic rings. The van der Waals surface area contributed by atoms with E-state index < -0.39 is 16.1 Å². The summed E-state index contributed by atoms with van der Waals surface area (Å²) in [5, 5.41) is 9.54. The van der Waals surface area contributed by atoms with E-state index in [1.54, 1.807) is 17.3 Å². The highest BCUT2D eigenvalue weighted by molar-refractivity contribution is 7.89. The number of aliphatic hydroxyl groups is 1. The van der Waals surface area contributed by atoms with Gasteiger partial charge >= 0.3 is 0 Å². The molecule has 0 spiro atoms. The van der Waals surface area contributed by atoms with Crippen LogP contribution in [0.25, 0.3) is 0 Å². The van der Waals surface area contributed by atoms with Gasteiger partial charge in [0.25, 0.3) is 0 Å². The van der Waals surface area contributed by atoms with Crippen molar-refractivity contribution in [3.63, 3.8) is 0 Å². The fraction of sp³-hybridized carbons (Fsp3) is 0.600. The van der Waals surface area contributed by atoms with Crippen molar-refractivity contribution >= 4 is 10.0 Å². The second kappa shape index (κ2) is 5.84. The Morgan fingerprint density at radius 3 is 2.70 bits per heavy atom. The quantitative estimate of drug-likeness (QED) is 0.927. The number of hydrogen-bond donors (Lipinski definition) is 1. The molecule has 0 amide bonds. The molecule has 1 saturated heterocycles. The van der Waals surface area contributed by atoms with E-state index in [-0.39, 0.29) is 6.04 Å². The summed E-state index contributed by atoms with van der Waals surface area (Å²) in [6.45, 7) is 6.04. The summed E-state index contributed by atoms with van der Waals surface area (Å²) in [6.07, 6.45) is 1.72. The topological polar surface area (TPSA) is 57.6 Å². The largest absolute Gasteiger partial charge is 0.393 e. The number of aliphatic hydroxyl groups excluding tert-OH is 1. The number of benzene rings is 1. The summed E-state index contributed by atoms with van der Waals surface area (Å²) < 4.78 is 27.2. The summed E-state index contributed by atoms with van der Waals surface area (Å²) in [4.78, 5) is 0.389. The molecule has 1 aromatic rings. The van der Waals surface area contributed by atoms with Gasteiger partial charge in [0.05, 0.1) is 11.0 Å². The first kappa shape index (κ1) is 15.5. The smallest absolute Gasteiger partial charge is 0.243 e. The molecule has 2 unspecified atom stereocenters. The van der Waals surface area contributed by atoms with Crippen LogP contribution in [0.3, 0.4) is 0 Å². The number of sulfonamides is 1. The molecule has 20 heavy (non-hydrogen) atoms. The Morgan fingerprint density at radius 2 is 2.10 bits per heavy atom. The molecule has 0 saturated carbocycles. The molecule has 0 aromatic heterocycles. The molecule has 1 fully saturated rings. The Kier molecular flexibility index (Phi) is 4.52. The predicted molar refractivity (Wildman–Crippen MR) is 79.1 cm³/mol. The minimum Gasteiger partial charge on any atom is -0.393 e. The third-order valence-corrected chi connectivity index (χ3v) is 5.97. The molecule has 0 aliphatic carbocycles. The molecule has 0 bridgehead atoms. The lowest BCUT2D eigenvalue weighted by Crippen LogP contribution is -2.37. The van der Waals surface area contributed by atoms with Crippen LogP contribution in [0.4, 0.5) is 0 Å². The molecule has 1 aliphatic heterocycles. The standard InChI is InChI=1S/C15H23NO3S/c1-11-6-7-15(12(2)9-11)20(18,19)16-8-4-5-14(16)10-13(3)17/h6-7,9,13-14,17H,4-5,8,10H2,1-3H3. The number of aryl methyl sites for hydroxylation is 2. The van der Waals surface area contributed by atoms with E-state index in [0.717, 1.165) is 24.0 Å². The van der Waals surface area contributed by atoms with Crippen molar-refractivity contribution in [2.45, 2.75) is 57.1 Å². The highest BCUT2D eigenvalue weighted by atomic mass is 32.2. The second-order valence-corrected chi connectivity index (χ2v) is 7.62. The van der Waals surface area contributed by atoms with Gasteiger partial charge < -0.3 is 5.11 Å². The van der Waals surface area contributed by atoms with Crippen LogP contribution < -0.4 is 0 Å². The molecule has 1 N–H and O–H groups in total. The van der Waals surface area contributed by atoms with Gasteiger partial charge in [-0.2, -0.15) is 4.31 Å². The second-order valence-electron chi connectivity index (χ2n) is 5.77. The summed E-state index contributed by atoms with van der Waals surface area (Å²) in [6, 6.07) is 5.34. The van der Waals surface area contributed by atoms with Crippen LogP contribution in [0.1, 0.15) is 37.3 Å². The van der Waals surface area contributed by atoms with Gasteiger partial charge in [-0.25, -0.2) is 8.42 Å². The zero-order valence-corrected chi connectivity index (χ0v) is 13.2. The number of rotatable bonds is 4. The molecule has 2 atom stereocenters. The molecule has 1 heterocycles. The first-order chi connectivity index (χ1) is 9.32.